The molecule has 0 radical (unpaired) electrons. The Hall–Kier alpha value is -6.44. The second-order valence-electron chi connectivity index (χ2n) is 14.8. The Morgan fingerprint density at radius 3 is 0.961 bits per heavy atom. The van der Waals surface area contributed by atoms with Gasteiger partial charge in [-0.3, -0.25) is 0 Å². The average Bonchev–Trinajstić information content (AvgIpc) is 3.96. The van der Waals surface area contributed by atoms with E-state index in [1.54, 1.807) is 0 Å². The standard InChI is InChI=1S/C50H29N/c1-5-19-41-31(11-1)35-15-9-16-36-32-12-2-6-20-42(32)49(41,47(35)36)29-23-25-45-39(27-29)40-28-30(24-26-46(40)51-45)50-43-21-7-3-13-33(43)37-17-10-18-38(48(37)50)34-14-4-8-22-44(34)50/h1-28,51H. The van der Waals surface area contributed by atoms with E-state index in [1.165, 1.54) is 111 Å². The van der Waals surface area contributed by atoms with Gasteiger partial charge in [-0.05, 0) is 113 Å². The van der Waals surface area contributed by atoms with Gasteiger partial charge in [-0.1, -0.05) is 146 Å². The summed E-state index contributed by atoms with van der Waals surface area (Å²) in [5.74, 6) is 0. The highest BCUT2D eigenvalue weighted by atomic mass is 14.7. The van der Waals surface area contributed by atoms with Crippen LogP contribution in [0, 0.1) is 0 Å². The molecular formula is C50H29N. The van der Waals surface area contributed by atoms with Crippen LogP contribution in [0.4, 0.5) is 0 Å². The van der Waals surface area contributed by atoms with Gasteiger partial charge < -0.3 is 4.98 Å². The average molecular weight is 644 g/mol. The molecule has 51 heavy (non-hydrogen) atoms. The zero-order valence-electron chi connectivity index (χ0n) is 27.7. The minimum atomic E-state index is -0.365. The Morgan fingerprint density at radius 2 is 0.608 bits per heavy atom. The third-order valence-electron chi connectivity index (χ3n) is 12.8. The molecular weight excluding hydrogens is 615 g/mol. The molecule has 9 aromatic rings. The number of hydrogen-bond donors (Lipinski definition) is 1. The fourth-order valence-electron chi connectivity index (χ4n) is 11.1. The predicted molar refractivity (Wildman–Crippen MR) is 208 cm³/mol. The number of H-pyrrole nitrogens is 1. The summed E-state index contributed by atoms with van der Waals surface area (Å²) in [6.45, 7) is 0. The molecule has 0 saturated carbocycles. The summed E-state index contributed by atoms with van der Waals surface area (Å²) in [6, 6.07) is 64.5. The summed E-state index contributed by atoms with van der Waals surface area (Å²) in [5, 5.41) is 2.54. The normalized spacial score (nSPS) is 15.4. The van der Waals surface area contributed by atoms with E-state index in [1.807, 2.05) is 0 Å². The Morgan fingerprint density at radius 1 is 0.294 bits per heavy atom. The van der Waals surface area contributed by atoms with Crippen molar-refractivity contribution in [2.45, 2.75) is 10.8 Å². The molecule has 0 amide bonds. The number of aromatic amines is 1. The predicted octanol–water partition coefficient (Wildman–Crippen LogP) is 12.0. The molecule has 0 saturated heterocycles. The number of benzene rings is 8. The van der Waals surface area contributed by atoms with Crippen LogP contribution in [0.25, 0.3) is 66.3 Å². The van der Waals surface area contributed by atoms with Gasteiger partial charge >= 0.3 is 0 Å². The molecule has 4 aliphatic carbocycles. The Balaban J connectivity index is 1.12. The van der Waals surface area contributed by atoms with Crippen LogP contribution in [0.5, 0.6) is 0 Å². The first-order chi connectivity index (χ1) is 25.3. The molecule has 1 heteroatoms. The first kappa shape index (κ1) is 26.4. The maximum atomic E-state index is 3.82. The van der Waals surface area contributed by atoms with Gasteiger partial charge in [-0.2, -0.15) is 0 Å². The summed E-state index contributed by atoms with van der Waals surface area (Å²) in [6.07, 6.45) is 0. The van der Waals surface area contributed by atoms with Crippen molar-refractivity contribution in [2.24, 2.45) is 0 Å². The number of hydrogen-bond acceptors (Lipinski definition) is 0. The summed E-state index contributed by atoms with van der Waals surface area (Å²) < 4.78 is 0. The summed E-state index contributed by atoms with van der Waals surface area (Å²) >= 11 is 0. The molecule has 0 unspecified atom stereocenters. The molecule has 234 valence electrons. The summed E-state index contributed by atoms with van der Waals surface area (Å²) in [5.41, 5.74) is 23.5. The fraction of sp³-hybridized carbons (Fsp3) is 0.0400. The minimum Gasteiger partial charge on any atom is -0.355 e. The van der Waals surface area contributed by atoms with E-state index < -0.39 is 0 Å². The Labute approximate surface area is 295 Å². The third-order valence-corrected chi connectivity index (χ3v) is 12.8. The van der Waals surface area contributed by atoms with Crippen molar-refractivity contribution in [2.75, 3.05) is 0 Å². The van der Waals surface area contributed by atoms with E-state index in [2.05, 4.69) is 175 Å². The summed E-state index contributed by atoms with van der Waals surface area (Å²) in [4.78, 5) is 3.82. The van der Waals surface area contributed by atoms with Crippen LogP contribution in [-0.4, -0.2) is 4.98 Å². The number of nitrogens with one attached hydrogen (secondary N) is 1. The van der Waals surface area contributed by atoms with Crippen molar-refractivity contribution < 1.29 is 0 Å². The van der Waals surface area contributed by atoms with Crippen LogP contribution >= 0.6 is 0 Å². The van der Waals surface area contributed by atoms with Crippen LogP contribution in [0.3, 0.4) is 0 Å². The smallest absolute Gasteiger partial charge is 0.0725 e. The lowest BCUT2D eigenvalue weighted by molar-refractivity contribution is 0.793. The van der Waals surface area contributed by atoms with E-state index in [0.29, 0.717) is 0 Å². The van der Waals surface area contributed by atoms with Crippen LogP contribution in [-0.2, 0) is 10.8 Å². The van der Waals surface area contributed by atoms with Gasteiger partial charge in [0.2, 0.25) is 0 Å². The summed E-state index contributed by atoms with van der Waals surface area (Å²) in [7, 11) is 0. The quantitative estimate of drug-likeness (QED) is 0.193. The first-order valence-electron chi connectivity index (χ1n) is 18.0. The van der Waals surface area contributed by atoms with E-state index in [9.17, 15) is 0 Å². The molecule has 0 spiro atoms. The van der Waals surface area contributed by atoms with E-state index in [0.717, 1.165) is 0 Å². The van der Waals surface area contributed by atoms with Gasteiger partial charge in [0.25, 0.3) is 0 Å². The van der Waals surface area contributed by atoms with Gasteiger partial charge in [0.15, 0.2) is 0 Å². The topological polar surface area (TPSA) is 15.8 Å². The first-order valence-corrected chi connectivity index (χ1v) is 18.0. The van der Waals surface area contributed by atoms with Crippen LogP contribution in [0.2, 0.25) is 0 Å². The molecule has 0 atom stereocenters. The van der Waals surface area contributed by atoms with Crippen molar-refractivity contribution in [1.29, 1.82) is 0 Å². The highest BCUT2D eigenvalue weighted by molar-refractivity contribution is 6.10. The molecule has 13 rings (SSSR count). The minimum absolute atomic E-state index is 0.365. The van der Waals surface area contributed by atoms with Crippen molar-refractivity contribution in [1.82, 2.24) is 4.98 Å². The largest absolute Gasteiger partial charge is 0.355 e. The molecule has 0 bridgehead atoms. The molecule has 4 aliphatic rings. The van der Waals surface area contributed by atoms with Crippen molar-refractivity contribution in [3.63, 3.8) is 0 Å². The lowest BCUT2D eigenvalue weighted by Crippen LogP contribution is -2.26. The molecule has 0 aliphatic heterocycles. The number of rotatable bonds is 2. The molecule has 1 heterocycles. The van der Waals surface area contributed by atoms with Crippen molar-refractivity contribution in [3.05, 3.63) is 214 Å². The lowest BCUT2D eigenvalue weighted by Gasteiger charge is -2.31. The number of fused-ring (bicyclic) bond motifs is 15. The van der Waals surface area contributed by atoms with E-state index in [-0.39, 0.29) is 10.8 Å². The number of aromatic nitrogens is 1. The second kappa shape index (κ2) is 8.82. The Bertz CT molecular complexity index is 2710. The van der Waals surface area contributed by atoms with E-state index >= 15 is 0 Å². The Kier molecular flexibility index (Phi) is 4.57. The highest BCUT2D eigenvalue weighted by Gasteiger charge is 2.54. The second-order valence-corrected chi connectivity index (χ2v) is 14.8. The third kappa shape index (κ3) is 2.81. The molecule has 1 aromatic heterocycles. The van der Waals surface area contributed by atoms with Gasteiger partial charge in [-0.25, -0.2) is 0 Å². The van der Waals surface area contributed by atoms with Gasteiger partial charge in [0.1, 0.15) is 0 Å². The van der Waals surface area contributed by atoms with Gasteiger partial charge in [0, 0.05) is 21.8 Å². The van der Waals surface area contributed by atoms with Gasteiger partial charge in [0.05, 0.1) is 10.8 Å². The van der Waals surface area contributed by atoms with Crippen molar-refractivity contribution in [3.8, 4) is 44.5 Å². The molecule has 8 aromatic carbocycles. The van der Waals surface area contributed by atoms with Crippen LogP contribution in [0.15, 0.2) is 170 Å². The monoisotopic (exact) mass is 643 g/mol. The maximum Gasteiger partial charge on any atom is 0.0725 e. The van der Waals surface area contributed by atoms with Gasteiger partial charge in [-0.15, -0.1) is 0 Å². The zero-order valence-corrected chi connectivity index (χ0v) is 27.7. The van der Waals surface area contributed by atoms with E-state index in [4.69, 9.17) is 0 Å². The molecule has 1 nitrogen and oxygen atoms in total. The van der Waals surface area contributed by atoms with Crippen LogP contribution in [0.1, 0.15) is 44.5 Å². The van der Waals surface area contributed by atoms with Crippen LogP contribution < -0.4 is 0 Å². The molecule has 0 fully saturated rings. The van der Waals surface area contributed by atoms with Crippen molar-refractivity contribution >= 4 is 21.8 Å². The lowest BCUT2D eigenvalue weighted by atomic mass is 9.69. The highest BCUT2D eigenvalue weighted by Crippen LogP contribution is 2.66. The molecule has 1 N–H and O–H groups in total. The zero-order chi connectivity index (χ0) is 33.1. The maximum absolute atomic E-state index is 3.82. The SMILES string of the molecule is c1ccc2c(c1)-c1cccc3c1C2(c1ccc2[nH]c4ccc(C56c7ccccc7-c7cccc(c75)-c5ccccc56)cc4c2c1)c1ccccc1-3. The fourth-order valence-corrected chi connectivity index (χ4v) is 11.1.